The fourth-order valence-corrected chi connectivity index (χ4v) is 4.07. The molecule has 0 aliphatic heterocycles. The molecular weight excluding hydrogens is 416 g/mol. The van der Waals surface area contributed by atoms with Crippen molar-refractivity contribution < 1.29 is 14.6 Å². The number of rotatable bonds is 5. The van der Waals surface area contributed by atoms with Crippen LogP contribution < -0.4 is 4.74 Å². The Morgan fingerprint density at radius 3 is 2.42 bits per heavy atom. The van der Waals surface area contributed by atoms with Crippen LogP contribution in [0.3, 0.4) is 0 Å². The molecule has 33 heavy (non-hydrogen) atoms. The SMILES string of the molecule is Cc1cc(C)n(-c2nc3ccccc3n2Cc2ccc(-c3ccccc3OC(=O)O)cc2)n1. The normalized spacial score (nSPS) is 11.1. The van der Waals surface area contributed by atoms with Crippen LogP contribution in [-0.4, -0.2) is 30.6 Å². The van der Waals surface area contributed by atoms with Gasteiger partial charge in [0.1, 0.15) is 5.75 Å². The molecule has 0 unspecified atom stereocenters. The lowest BCUT2D eigenvalue weighted by Gasteiger charge is -2.12. The van der Waals surface area contributed by atoms with Gasteiger partial charge in [0.25, 0.3) is 0 Å². The van der Waals surface area contributed by atoms with Crippen molar-refractivity contribution in [2.75, 3.05) is 0 Å². The largest absolute Gasteiger partial charge is 0.511 e. The van der Waals surface area contributed by atoms with Gasteiger partial charge in [-0.25, -0.2) is 14.5 Å². The fourth-order valence-electron chi connectivity index (χ4n) is 4.07. The highest BCUT2D eigenvalue weighted by molar-refractivity contribution is 5.78. The van der Waals surface area contributed by atoms with Crippen molar-refractivity contribution in [2.45, 2.75) is 20.4 Å². The van der Waals surface area contributed by atoms with Gasteiger partial charge in [-0.2, -0.15) is 5.10 Å². The summed E-state index contributed by atoms with van der Waals surface area (Å²) in [6.07, 6.45) is -1.33. The third-order valence-corrected chi connectivity index (χ3v) is 5.52. The quantitative estimate of drug-likeness (QED) is 0.285. The average Bonchev–Trinajstić information content (AvgIpc) is 3.33. The summed E-state index contributed by atoms with van der Waals surface area (Å²) in [6.45, 7) is 4.61. The molecule has 1 N–H and O–H groups in total. The Kier molecular flexibility index (Phi) is 5.14. The zero-order valence-corrected chi connectivity index (χ0v) is 18.3. The molecule has 0 atom stereocenters. The van der Waals surface area contributed by atoms with E-state index in [0.717, 1.165) is 45.1 Å². The topological polar surface area (TPSA) is 82.2 Å². The first-order valence-corrected chi connectivity index (χ1v) is 10.6. The van der Waals surface area contributed by atoms with Crippen LogP contribution >= 0.6 is 0 Å². The second-order valence-electron chi connectivity index (χ2n) is 7.89. The van der Waals surface area contributed by atoms with Crippen LogP contribution in [0, 0.1) is 13.8 Å². The van der Waals surface area contributed by atoms with Crippen molar-refractivity contribution in [3.8, 4) is 22.8 Å². The minimum Gasteiger partial charge on any atom is -0.449 e. The summed E-state index contributed by atoms with van der Waals surface area (Å²) in [5.74, 6) is 1.08. The molecule has 7 heteroatoms. The number of carbonyl (C=O) groups is 1. The van der Waals surface area contributed by atoms with Crippen LogP contribution in [0.4, 0.5) is 4.79 Å². The molecule has 0 amide bonds. The van der Waals surface area contributed by atoms with Gasteiger partial charge in [-0.3, -0.25) is 0 Å². The second-order valence-corrected chi connectivity index (χ2v) is 7.89. The van der Waals surface area contributed by atoms with Crippen LogP contribution in [0.25, 0.3) is 28.1 Å². The Morgan fingerprint density at radius 2 is 1.70 bits per heavy atom. The lowest BCUT2D eigenvalue weighted by molar-refractivity contribution is 0.144. The molecule has 5 rings (SSSR count). The molecule has 0 saturated heterocycles. The molecule has 3 aromatic carbocycles. The van der Waals surface area contributed by atoms with Gasteiger partial charge in [-0.15, -0.1) is 0 Å². The van der Waals surface area contributed by atoms with E-state index >= 15 is 0 Å². The van der Waals surface area contributed by atoms with Crippen LogP contribution in [0.5, 0.6) is 5.75 Å². The third-order valence-electron chi connectivity index (χ3n) is 5.52. The molecule has 164 valence electrons. The van der Waals surface area contributed by atoms with Crippen LogP contribution in [-0.2, 0) is 6.54 Å². The predicted molar refractivity (Wildman–Crippen MR) is 126 cm³/mol. The van der Waals surface area contributed by atoms with Crippen molar-refractivity contribution in [1.29, 1.82) is 0 Å². The van der Waals surface area contributed by atoms with Gasteiger partial charge >= 0.3 is 6.16 Å². The summed E-state index contributed by atoms with van der Waals surface area (Å²) < 4.78 is 8.97. The Morgan fingerprint density at radius 1 is 0.970 bits per heavy atom. The fraction of sp³-hybridized carbons (Fsp3) is 0.115. The van der Waals surface area contributed by atoms with Gasteiger partial charge in [0.15, 0.2) is 0 Å². The number of aryl methyl sites for hydroxylation is 2. The first-order chi connectivity index (χ1) is 16.0. The summed E-state index contributed by atoms with van der Waals surface area (Å²) in [7, 11) is 0. The van der Waals surface area contributed by atoms with E-state index in [4.69, 9.17) is 14.8 Å². The van der Waals surface area contributed by atoms with Crippen molar-refractivity contribution in [1.82, 2.24) is 19.3 Å². The summed E-state index contributed by atoms with van der Waals surface area (Å²) in [4.78, 5) is 15.9. The Hall–Kier alpha value is -4.39. The van der Waals surface area contributed by atoms with Gasteiger partial charge in [0.05, 0.1) is 23.3 Å². The molecule has 2 aromatic heterocycles. The molecule has 5 aromatic rings. The maximum absolute atomic E-state index is 11.0. The maximum atomic E-state index is 11.0. The lowest BCUT2D eigenvalue weighted by atomic mass is 10.0. The Balaban J connectivity index is 1.52. The Bertz CT molecular complexity index is 1460. The minimum atomic E-state index is -1.33. The molecule has 0 saturated carbocycles. The van der Waals surface area contributed by atoms with Crippen LogP contribution in [0.2, 0.25) is 0 Å². The summed E-state index contributed by atoms with van der Waals surface area (Å²) >= 11 is 0. The zero-order valence-electron chi connectivity index (χ0n) is 18.3. The van der Waals surface area contributed by atoms with Crippen molar-refractivity contribution in [2.24, 2.45) is 0 Å². The van der Waals surface area contributed by atoms with E-state index in [1.54, 1.807) is 12.1 Å². The molecule has 2 heterocycles. The lowest BCUT2D eigenvalue weighted by Crippen LogP contribution is -2.10. The number of benzene rings is 3. The zero-order chi connectivity index (χ0) is 22.9. The number of carboxylic acid groups (broad SMARTS) is 1. The van der Waals surface area contributed by atoms with Gasteiger partial charge in [-0.1, -0.05) is 54.6 Å². The average molecular weight is 438 g/mol. The van der Waals surface area contributed by atoms with Gasteiger partial charge in [0, 0.05) is 11.3 Å². The highest BCUT2D eigenvalue weighted by atomic mass is 16.7. The predicted octanol–water partition coefficient (Wildman–Crippen LogP) is 5.61. The van der Waals surface area contributed by atoms with E-state index in [9.17, 15) is 4.79 Å². The molecule has 7 nitrogen and oxygen atoms in total. The Labute approximate surface area is 190 Å². The molecule has 0 radical (unpaired) electrons. The van der Waals surface area contributed by atoms with E-state index in [0.29, 0.717) is 12.3 Å². The van der Waals surface area contributed by atoms with Crippen molar-refractivity contribution >= 4 is 17.2 Å². The van der Waals surface area contributed by atoms with E-state index in [-0.39, 0.29) is 0 Å². The monoisotopic (exact) mass is 438 g/mol. The summed E-state index contributed by atoms with van der Waals surface area (Å²) in [5.41, 5.74) is 6.60. The smallest absolute Gasteiger partial charge is 0.449 e. The second kappa shape index (κ2) is 8.27. The summed E-state index contributed by atoms with van der Waals surface area (Å²) in [6, 6.07) is 25.2. The number of para-hydroxylation sites is 3. The highest BCUT2D eigenvalue weighted by Gasteiger charge is 2.16. The highest BCUT2D eigenvalue weighted by Crippen LogP contribution is 2.30. The number of fused-ring (bicyclic) bond motifs is 1. The molecular formula is C26H22N4O3. The summed E-state index contributed by atoms with van der Waals surface area (Å²) in [5, 5.41) is 13.7. The van der Waals surface area contributed by atoms with E-state index in [1.807, 2.05) is 79.2 Å². The van der Waals surface area contributed by atoms with Gasteiger partial charge in [0.2, 0.25) is 5.95 Å². The molecule has 0 fully saturated rings. The first-order valence-electron chi connectivity index (χ1n) is 10.6. The third kappa shape index (κ3) is 3.96. The standard InChI is InChI=1S/C26H22N4O3/c1-17-15-18(2)30(28-17)25-27-22-8-4-5-9-23(22)29(25)16-19-11-13-20(14-12-19)21-7-3-6-10-24(21)33-26(31)32/h3-15H,16H2,1-2H3,(H,31,32). The van der Waals surface area contributed by atoms with Gasteiger partial charge in [-0.05, 0) is 49.2 Å². The molecule has 0 spiro atoms. The van der Waals surface area contributed by atoms with E-state index < -0.39 is 6.16 Å². The number of nitrogens with zero attached hydrogens (tertiary/aromatic N) is 4. The van der Waals surface area contributed by atoms with E-state index in [2.05, 4.69) is 15.7 Å². The number of hydrogen-bond donors (Lipinski definition) is 1. The minimum absolute atomic E-state index is 0.310. The van der Waals surface area contributed by atoms with Crippen LogP contribution in [0.1, 0.15) is 17.0 Å². The van der Waals surface area contributed by atoms with Crippen molar-refractivity contribution in [3.05, 3.63) is 95.8 Å². The van der Waals surface area contributed by atoms with Crippen molar-refractivity contribution in [3.63, 3.8) is 0 Å². The van der Waals surface area contributed by atoms with Crippen LogP contribution in [0.15, 0.2) is 78.9 Å². The number of aromatic nitrogens is 4. The molecule has 0 bridgehead atoms. The van der Waals surface area contributed by atoms with Gasteiger partial charge < -0.3 is 14.4 Å². The maximum Gasteiger partial charge on any atom is 0.511 e. The number of ether oxygens (including phenoxy) is 1. The first kappa shape index (κ1) is 20.5. The number of hydrogen-bond acceptors (Lipinski definition) is 4. The molecule has 0 aliphatic carbocycles. The molecule has 0 aliphatic rings. The van der Waals surface area contributed by atoms with E-state index in [1.165, 1.54) is 0 Å². The number of imidazole rings is 1.